The lowest BCUT2D eigenvalue weighted by Crippen LogP contribution is -2.52. The second-order valence-corrected chi connectivity index (χ2v) is 11.6. The van der Waals surface area contributed by atoms with Crippen LogP contribution in [-0.2, 0) is 19.9 Å². The molecule has 0 amide bonds. The van der Waals surface area contributed by atoms with Gasteiger partial charge in [0.2, 0.25) is 0 Å². The SMILES string of the molecule is CCNC(=NCC(C)(C)S(C)(=O)=O)NC1CCN(S(=O)(=O)C(F)(F)F)CC1. The lowest BCUT2D eigenvalue weighted by molar-refractivity contribution is -0.0494. The number of nitrogens with one attached hydrogen (secondary N) is 2. The zero-order valence-corrected chi connectivity index (χ0v) is 17.4. The van der Waals surface area contributed by atoms with Crippen LogP contribution in [0.25, 0.3) is 0 Å². The van der Waals surface area contributed by atoms with Crippen LogP contribution >= 0.6 is 0 Å². The van der Waals surface area contributed by atoms with Crippen molar-refractivity contribution >= 4 is 25.8 Å². The molecule has 0 aromatic rings. The average molecular weight is 437 g/mol. The van der Waals surface area contributed by atoms with Crippen LogP contribution in [0.5, 0.6) is 0 Å². The van der Waals surface area contributed by atoms with Gasteiger partial charge in [-0.2, -0.15) is 17.5 Å². The highest BCUT2D eigenvalue weighted by Crippen LogP contribution is 2.28. The molecule has 0 radical (unpaired) electrons. The third kappa shape index (κ3) is 6.21. The number of aliphatic imine (C=N–C) groups is 1. The summed E-state index contributed by atoms with van der Waals surface area (Å²) in [5, 5.41) is 5.98. The van der Waals surface area contributed by atoms with Gasteiger partial charge in [-0.15, -0.1) is 0 Å². The van der Waals surface area contributed by atoms with E-state index < -0.39 is 30.1 Å². The molecule has 0 aromatic carbocycles. The van der Waals surface area contributed by atoms with Gasteiger partial charge >= 0.3 is 15.5 Å². The van der Waals surface area contributed by atoms with E-state index in [1.165, 1.54) is 0 Å². The minimum Gasteiger partial charge on any atom is -0.357 e. The van der Waals surface area contributed by atoms with Gasteiger partial charge in [0.25, 0.3) is 0 Å². The lowest BCUT2D eigenvalue weighted by atomic mass is 10.1. The molecule has 1 heterocycles. The summed E-state index contributed by atoms with van der Waals surface area (Å²) >= 11 is 0. The standard InChI is InChI=1S/C14H27F3N4O4S2/c1-5-18-12(19-10-13(2,3)26(4,22)23)20-11-6-8-21(9-7-11)27(24,25)14(15,16)17/h11H,5-10H2,1-4H3,(H2,18,19,20). The number of sulfone groups is 1. The summed E-state index contributed by atoms with van der Waals surface area (Å²) < 4.78 is 83.6. The summed E-state index contributed by atoms with van der Waals surface area (Å²) in [6, 6.07) is -0.274. The molecule has 1 aliphatic heterocycles. The molecule has 8 nitrogen and oxygen atoms in total. The smallest absolute Gasteiger partial charge is 0.357 e. The van der Waals surface area contributed by atoms with Crippen LogP contribution in [0.4, 0.5) is 13.2 Å². The molecule has 1 saturated heterocycles. The molecule has 0 atom stereocenters. The molecule has 0 bridgehead atoms. The van der Waals surface area contributed by atoms with Crippen LogP contribution in [0.2, 0.25) is 0 Å². The van der Waals surface area contributed by atoms with Gasteiger partial charge in [0.1, 0.15) is 0 Å². The molecule has 1 fully saturated rings. The number of hydrogen-bond donors (Lipinski definition) is 2. The molecule has 13 heteroatoms. The number of hydrogen-bond acceptors (Lipinski definition) is 5. The molecule has 0 spiro atoms. The first-order valence-electron chi connectivity index (χ1n) is 8.42. The number of halogens is 3. The topological polar surface area (TPSA) is 108 Å². The van der Waals surface area contributed by atoms with E-state index in [4.69, 9.17) is 0 Å². The summed E-state index contributed by atoms with van der Waals surface area (Å²) in [5.41, 5.74) is -5.30. The molecular formula is C14H27F3N4O4S2. The van der Waals surface area contributed by atoms with Gasteiger partial charge in [0.15, 0.2) is 15.8 Å². The maximum absolute atomic E-state index is 12.6. The van der Waals surface area contributed by atoms with E-state index in [1.54, 1.807) is 13.8 Å². The van der Waals surface area contributed by atoms with Crippen LogP contribution in [0.15, 0.2) is 4.99 Å². The summed E-state index contributed by atoms with van der Waals surface area (Å²) in [4.78, 5) is 4.26. The molecule has 160 valence electrons. The molecular weight excluding hydrogens is 409 g/mol. The van der Waals surface area contributed by atoms with Crippen molar-refractivity contribution < 1.29 is 30.0 Å². The molecule has 0 aliphatic carbocycles. The normalized spacial score (nSPS) is 19.1. The highest BCUT2D eigenvalue weighted by atomic mass is 32.2. The fourth-order valence-corrected chi connectivity index (χ4v) is 3.57. The van der Waals surface area contributed by atoms with Crippen LogP contribution in [0.3, 0.4) is 0 Å². The number of alkyl halides is 3. The predicted molar refractivity (Wildman–Crippen MR) is 97.6 cm³/mol. The van der Waals surface area contributed by atoms with E-state index in [-0.39, 0.29) is 38.5 Å². The Balaban J connectivity index is 2.75. The summed E-state index contributed by atoms with van der Waals surface area (Å²) in [6.07, 6.45) is 1.48. The fourth-order valence-electron chi connectivity index (χ4n) is 2.29. The van der Waals surface area contributed by atoms with Gasteiger partial charge < -0.3 is 10.6 Å². The number of nitrogens with zero attached hydrogens (tertiary/aromatic N) is 2. The van der Waals surface area contributed by atoms with Crippen molar-refractivity contribution in [1.29, 1.82) is 0 Å². The minimum absolute atomic E-state index is 0.00245. The van der Waals surface area contributed by atoms with Crippen molar-refractivity contribution in [2.45, 2.75) is 49.9 Å². The quantitative estimate of drug-likeness (QED) is 0.468. The van der Waals surface area contributed by atoms with Gasteiger partial charge in [0.05, 0.1) is 11.3 Å². The van der Waals surface area contributed by atoms with Crippen molar-refractivity contribution in [1.82, 2.24) is 14.9 Å². The maximum Gasteiger partial charge on any atom is 0.511 e. The summed E-state index contributed by atoms with van der Waals surface area (Å²) in [5.74, 6) is 0.339. The molecule has 0 aromatic heterocycles. The minimum atomic E-state index is -5.31. The lowest BCUT2D eigenvalue weighted by Gasteiger charge is -2.32. The third-order valence-corrected chi connectivity index (χ3v) is 8.16. The van der Waals surface area contributed by atoms with Crippen molar-refractivity contribution in [2.75, 3.05) is 32.4 Å². The van der Waals surface area contributed by atoms with E-state index in [0.717, 1.165) is 6.26 Å². The van der Waals surface area contributed by atoms with Crippen LogP contribution in [-0.4, -0.2) is 75.8 Å². The molecule has 27 heavy (non-hydrogen) atoms. The van der Waals surface area contributed by atoms with Crippen LogP contribution in [0.1, 0.15) is 33.6 Å². The molecule has 1 rings (SSSR count). The number of piperidine rings is 1. The van der Waals surface area contributed by atoms with E-state index >= 15 is 0 Å². The fraction of sp³-hybridized carbons (Fsp3) is 0.929. The van der Waals surface area contributed by atoms with Gasteiger partial charge in [0, 0.05) is 31.9 Å². The van der Waals surface area contributed by atoms with Crippen molar-refractivity contribution in [3.8, 4) is 0 Å². The molecule has 2 N–H and O–H groups in total. The third-order valence-electron chi connectivity index (χ3n) is 4.39. The van der Waals surface area contributed by atoms with Gasteiger partial charge in [-0.1, -0.05) is 0 Å². The van der Waals surface area contributed by atoms with E-state index in [9.17, 15) is 30.0 Å². The van der Waals surface area contributed by atoms with Crippen molar-refractivity contribution in [2.24, 2.45) is 4.99 Å². The van der Waals surface area contributed by atoms with E-state index in [2.05, 4.69) is 15.6 Å². The Hall–Kier alpha value is -1.08. The summed E-state index contributed by atoms with van der Waals surface area (Å²) in [7, 11) is -8.64. The molecule has 0 saturated carbocycles. The van der Waals surface area contributed by atoms with Crippen LogP contribution < -0.4 is 10.6 Å². The Kier molecular flexibility index (Phi) is 7.56. The van der Waals surface area contributed by atoms with Crippen LogP contribution in [0, 0.1) is 0 Å². The van der Waals surface area contributed by atoms with E-state index in [0.29, 0.717) is 16.8 Å². The number of rotatable bonds is 6. The monoisotopic (exact) mass is 436 g/mol. The Morgan fingerprint density at radius 2 is 1.67 bits per heavy atom. The van der Waals surface area contributed by atoms with Gasteiger partial charge in [-0.3, -0.25) is 4.99 Å². The zero-order chi connectivity index (χ0) is 21.1. The average Bonchev–Trinajstić information content (AvgIpc) is 2.51. The van der Waals surface area contributed by atoms with Gasteiger partial charge in [-0.25, -0.2) is 16.8 Å². The summed E-state index contributed by atoms with van der Waals surface area (Å²) in [6.45, 7) is 4.92. The predicted octanol–water partition coefficient (Wildman–Crippen LogP) is 0.679. The first-order valence-corrected chi connectivity index (χ1v) is 11.8. The highest BCUT2D eigenvalue weighted by molar-refractivity contribution is 7.92. The molecule has 1 aliphatic rings. The first-order chi connectivity index (χ1) is 12.1. The molecule has 0 unspecified atom stereocenters. The Morgan fingerprint density at radius 1 is 1.15 bits per heavy atom. The Morgan fingerprint density at radius 3 is 2.07 bits per heavy atom. The second-order valence-electron chi connectivity index (χ2n) is 7.00. The first kappa shape index (κ1) is 24.0. The number of guanidine groups is 1. The largest absolute Gasteiger partial charge is 0.511 e. The van der Waals surface area contributed by atoms with E-state index in [1.807, 2.05) is 6.92 Å². The zero-order valence-electron chi connectivity index (χ0n) is 15.8. The van der Waals surface area contributed by atoms with Crippen molar-refractivity contribution in [3.63, 3.8) is 0 Å². The maximum atomic E-state index is 12.6. The van der Waals surface area contributed by atoms with Gasteiger partial charge in [-0.05, 0) is 33.6 Å². The second kappa shape index (κ2) is 8.52. The Bertz CT molecular complexity index is 741. The highest BCUT2D eigenvalue weighted by Gasteiger charge is 2.50. The Labute approximate surface area is 158 Å². The number of sulfonamides is 1. The van der Waals surface area contributed by atoms with Crippen molar-refractivity contribution in [3.05, 3.63) is 0 Å².